The molecule has 2 aromatic rings. The Morgan fingerprint density at radius 1 is 0.966 bits per heavy atom. The summed E-state index contributed by atoms with van der Waals surface area (Å²) in [6.45, 7) is 3.52. The number of hydrogen-bond acceptors (Lipinski definition) is 5. The summed E-state index contributed by atoms with van der Waals surface area (Å²) in [6.07, 6.45) is 0.976. The molecule has 0 aliphatic carbocycles. The quantitative estimate of drug-likeness (QED) is 0.386. The van der Waals surface area contributed by atoms with Gasteiger partial charge in [-0.3, -0.25) is 0 Å². The van der Waals surface area contributed by atoms with Gasteiger partial charge in [-0.2, -0.15) is 0 Å². The first-order chi connectivity index (χ1) is 13.2. The number of aliphatic hydroxyl groups is 1. The van der Waals surface area contributed by atoms with Gasteiger partial charge in [0.2, 0.25) is 0 Å². The zero-order chi connectivity index (χ0) is 19.5. The van der Waals surface area contributed by atoms with Crippen molar-refractivity contribution in [2.75, 3.05) is 33.4 Å². The second-order valence-electron chi connectivity index (χ2n) is 5.99. The molecular formula is C20H28Cl4N2O3. The van der Waals surface area contributed by atoms with Crippen LogP contribution in [0.1, 0.15) is 17.5 Å². The molecule has 9 heteroatoms. The predicted octanol–water partition coefficient (Wildman–Crippen LogP) is 4.49. The second-order valence-corrected chi connectivity index (χ2v) is 6.81. The molecule has 0 bridgehead atoms. The third kappa shape index (κ3) is 9.62. The van der Waals surface area contributed by atoms with Crippen LogP contribution in [0.3, 0.4) is 0 Å². The van der Waals surface area contributed by atoms with Gasteiger partial charge in [-0.25, -0.2) is 0 Å². The van der Waals surface area contributed by atoms with E-state index in [0.29, 0.717) is 41.2 Å². The molecule has 0 aliphatic rings. The minimum absolute atomic E-state index is 0. The Kier molecular flexibility index (Phi) is 15.4. The standard InChI is InChI=1S/C20H26Cl2N2O3.2ClH/c1-26-19-12-15(13-24-8-4-7-23-9-10-25)11-18(22)20(19)27-14-16-5-2-3-6-17(16)21;;/h2-3,5-6,11-12,23-25H,4,7-10,13-14H2,1H3;2*1H. The molecule has 0 spiro atoms. The van der Waals surface area contributed by atoms with Gasteiger partial charge in [0.25, 0.3) is 0 Å². The number of hydrogen-bond donors (Lipinski definition) is 3. The summed E-state index contributed by atoms with van der Waals surface area (Å²) in [7, 11) is 1.60. The Hall–Kier alpha value is -0.920. The molecule has 3 N–H and O–H groups in total. The van der Waals surface area contributed by atoms with E-state index < -0.39 is 0 Å². The largest absolute Gasteiger partial charge is 0.493 e. The van der Waals surface area contributed by atoms with Crippen molar-refractivity contribution in [1.82, 2.24) is 10.6 Å². The molecule has 0 radical (unpaired) electrons. The zero-order valence-electron chi connectivity index (χ0n) is 16.2. The van der Waals surface area contributed by atoms with Gasteiger partial charge >= 0.3 is 0 Å². The average Bonchev–Trinajstić information content (AvgIpc) is 2.67. The summed E-state index contributed by atoms with van der Waals surface area (Å²) in [4.78, 5) is 0. The summed E-state index contributed by atoms with van der Waals surface area (Å²) >= 11 is 12.6. The van der Waals surface area contributed by atoms with E-state index in [9.17, 15) is 0 Å². The van der Waals surface area contributed by atoms with Gasteiger partial charge < -0.3 is 25.2 Å². The van der Waals surface area contributed by atoms with E-state index in [-0.39, 0.29) is 31.4 Å². The molecule has 0 aliphatic heterocycles. The summed E-state index contributed by atoms with van der Waals surface area (Å²) < 4.78 is 11.3. The minimum Gasteiger partial charge on any atom is -0.493 e. The Morgan fingerprint density at radius 2 is 1.69 bits per heavy atom. The number of rotatable bonds is 12. The molecule has 0 fully saturated rings. The van der Waals surface area contributed by atoms with Crippen molar-refractivity contribution >= 4 is 48.0 Å². The Labute approximate surface area is 194 Å². The van der Waals surface area contributed by atoms with Crippen LogP contribution in [0.25, 0.3) is 0 Å². The van der Waals surface area contributed by atoms with Crippen molar-refractivity contribution in [3.8, 4) is 11.5 Å². The highest BCUT2D eigenvalue weighted by molar-refractivity contribution is 6.32. The molecular weight excluding hydrogens is 458 g/mol. The normalized spacial score (nSPS) is 10.1. The molecule has 0 heterocycles. The van der Waals surface area contributed by atoms with E-state index >= 15 is 0 Å². The minimum atomic E-state index is 0. The summed E-state index contributed by atoms with van der Waals surface area (Å²) in [5.74, 6) is 1.10. The highest BCUT2D eigenvalue weighted by Gasteiger charge is 2.13. The van der Waals surface area contributed by atoms with Gasteiger partial charge in [-0.05, 0) is 43.3 Å². The lowest BCUT2D eigenvalue weighted by atomic mass is 10.2. The average molecular weight is 486 g/mol. The van der Waals surface area contributed by atoms with Crippen LogP contribution in [0.5, 0.6) is 11.5 Å². The Bertz CT molecular complexity index is 720. The third-order valence-electron chi connectivity index (χ3n) is 3.94. The first-order valence-electron chi connectivity index (χ1n) is 8.90. The second kappa shape index (κ2) is 15.9. The highest BCUT2D eigenvalue weighted by atomic mass is 35.5. The summed E-state index contributed by atoms with van der Waals surface area (Å²) in [5.41, 5.74) is 1.91. The van der Waals surface area contributed by atoms with E-state index in [4.69, 9.17) is 37.8 Å². The maximum Gasteiger partial charge on any atom is 0.180 e. The molecule has 0 unspecified atom stereocenters. The van der Waals surface area contributed by atoms with Crippen LogP contribution in [0.4, 0.5) is 0 Å². The van der Waals surface area contributed by atoms with Gasteiger partial charge in [0.1, 0.15) is 6.61 Å². The van der Waals surface area contributed by atoms with Crippen molar-refractivity contribution in [2.24, 2.45) is 0 Å². The van der Waals surface area contributed by atoms with Crippen LogP contribution >= 0.6 is 48.0 Å². The van der Waals surface area contributed by atoms with E-state index in [1.807, 2.05) is 36.4 Å². The van der Waals surface area contributed by atoms with Crippen LogP contribution in [-0.2, 0) is 13.2 Å². The SMILES string of the molecule is COc1cc(CNCCCNCCO)cc(Cl)c1OCc1ccccc1Cl.Cl.Cl. The number of nitrogens with one attached hydrogen (secondary N) is 2. The fourth-order valence-corrected chi connectivity index (χ4v) is 3.03. The number of aliphatic hydroxyl groups excluding tert-OH is 1. The van der Waals surface area contributed by atoms with E-state index in [1.165, 1.54) is 0 Å². The number of benzene rings is 2. The maximum absolute atomic E-state index is 8.71. The van der Waals surface area contributed by atoms with Crippen molar-refractivity contribution in [1.29, 1.82) is 0 Å². The van der Waals surface area contributed by atoms with Crippen molar-refractivity contribution < 1.29 is 14.6 Å². The molecule has 5 nitrogen and oxygen atoms in total. The highest BCUT2D eigenvalue weighted by Crippen LogP contribution is 2.37. The lowest BCUT2D eigenvalue weighted by molar-refractivity contribution is 0.284. The number of halogens is 4. The zero-order valence-corrected chi connectivity index (χ0v) is 19.4. The van der Waals surface area contributed by atoms with Crippen LogP contribution in [0, 0.1) is 0 Å². The lowest BCUT2D eigenvalue weighted by Crippen LogP contribution is -2.23. The van der Waals surface area contributed by atoms with Gasteiger partial charge in [-0.1, -0.05) is 41.4 Å². The van der Waals surface area contributed by atoms with Gasteiger partial charge in [0.15, 0.2) is 11.5 Å². The van der Waals surface area contributed by atoms with Crippen molar-refractivity contribution in [3.63, 3.8) is 0 Å². The molecule has 0 amide bonds. The topological polar surface area (TPSA) is 62.8 Å². The molecule has 2 aromatic carbocycles. The molecule has 0 saturated heterocycles. The van der Waals surface area contributed by atoms with E-state index in [0.717, 1.165) is 30.6 Å². The molecule has 164 valence electrons. The molecule has 0 aromatic heterocycles. The van der Waals surface area contributed by atoms with Crippen LogP contribution in [0.15, 0.2) is 36.4 Å². The van der Waals surface area contributed by atoms with Crippen molar-refractivity contribution in [3.05, 3.63) is 57.6 Å². The first kappa shape index (κ1) is 28.1. The predicted molar refractivity (Wildman–Crippen MR) is 125 cm³/mol. The lowest BCUT2D eigenvalue weighted by Gasteiger charge is -2.15. The summed E-state index contributed by atoms with van der Waals surface area (Å²) in [5, 5.41) is 16.4. The molecule has 0 atom stereocenters. The number of methoxy groups -OCH3 is 1. The van der Waals surface area contributed by atoms with E-state index in [1.54, 1.807) is 7.11 Å². The Morgan fingerprint density at radius 3 is 2.38 bits per heavy atom. The fourth-order valence-electron chi connectivity index (χ4n) is 2.56. The fraction of sp³-hybridized carbons (Fsp3) is 0.400. The van der Waals surface area contributed by atoms with E-state index in [2.05, 4.69) is 10.6 Å². The maximum atomic E-state index is 8.71. The monoisotopic (exact) mass is 484 g/mol. The molecule has 29 heavy (non-hydrogen) atoms. The smallest absolute Gasteiger partial charge is 0.180 e. The Balaban J connectivity index is 0.00000392. The molecule has 2 rings (SSSR count). The van der Waals surface area contributed by atoms with Crippen molar-refractivity contribution in [2.45, 2.75) is 19.6 Å². The van der Waals surface area contributed by atoms with Gasteiger partial charge in [0, 0.05) is 23.7 Å². The summed E-state index contributed by atoms with van der Waals surface area (Å²) in [6, 6.07) is 11.3. The van der Waals surface area contributed by atoms with Gasteiger partial charge in [-0.15, -0.1) is 24.8 Å². The van der Waals surface area contributed by atoms with Crippen LogP contribution in [-0.4, -0.2) is 38.5 Å². The first-order valence-corrected chi connectivity index (χ1v) is 9.66. The van der Waals surface area contributed by atoms with Crippen LogP contribution in [0.2, 0.25) is 10.0 Å². The van der Waals surface area contributed by atoms with Crippen LogP contribution < -0.4 is 20.1 Å². The molecule has 0 saturated carbocycles. The number of ether oxygens (including phenoxy) is 2. The van der Waals surface area contributed by atoms with Gasteiger partial charge in [0.05, 0.1) is 18.7 Å². The third-order valence-corrected chi connectivity index (χ3v) is 4.59.